The molecule has 0 aliphatic rings. The normalized spacial score (nSPS) is 11.3. The van der Waals surface area contributed by atoms with Crippen LogP contribution in [-0.4, -0.2) is 11.4 Å². The van der Waals surface area contributed by atoms with Crippen molar-refractivity contribution in [1.29, 1.82) is 0 Å². The Labute approximate surface area is 109 Å². The predicted octanol–water partition coefficient (Wildman–Crippen LogP) is 4.38. The van der Waals surface area contributed by atoms with Gasteiger partial charge in [-0.3, -0.25) is 0 Å². The molecule has 0 aliphatic heterocycles. The van der Waals surface area contributed by atoms with Crippen LogP contribution in [0.2, 0.25) is 0 Å². The second kappa shape index (κ2) is 4.63. The molecule has 0 bridgehead atoms. The largest absolute Gasteiger partial charge is 0.411 e. The van der Waals surface area contributed by atoms with Crippen LogP contribution in [0.4, 0.5) is 0 Å². The van der Waals surface area contributed by atoms with E-state index in [0.717, 1.165) is 4.88 Å². The Kier molecular flexibility index (Phi) is 2.82. The van der Waals surface area contributed by atoms with Crippen LogP contribution in [0.25, 0.3) is 21.2 Å². The third-order valence-corrected chi connectivity index (χ3v) is 3.92. The molecule has 1 N–H and O–H groups in total. The lowest BCUT2D eigenvalue weighted by Crippen LogP contribution is -1.77. The first-order valence-electron chi connectivity index (χ1n) is 5.64. The van der Waals surface area contributed by atoms with Crippen molar-refractivity contribution < 1.29 is 5.21 Å². The average Bonchev–Trinajstić information content (AvgIpc) is 2.87. The SMILES string of the molecule is O/N=C/c1ccc(-c2cccc3ccccc23)s1. The Morgan fingerprint density at radius 2 is 1.78 bits per heavy atom. The van der Waals surface area contributed by atoms with E-state index in [2.05, 4.69) is 47.6 Å². The molecule has 2 aromatic carbocycles. The Bertz CT molecular complexity index is 710. The molecule has 88 valence electrons. The molecule has 3 rings (SSSR count). The molecule has 0 fully saturated rings. The van der Waals surface area contributed by atoms with E-state index in [1.165, 1.54) is 27.4 Å². The molecule has 2 nitrogen and oxygen atoms in total. The minimum Gasteiger partial charge on any atom is -0.411 e. The summed E-state index contributed by atoms with van der Waals surface area (Å²) in [5, 5.41) is 14.1. The summed E-state index contributed by atoms with van der Waals surface area (Å²) in [5.74, 6) is 0. The molecule has 3 aromatic rings. The number of thiophene rings is 1. The summed E-state index contributed by atoms with van der Waals surface area (Å²) in [4.78, 5) is 2.13. The second-order valence-corrected chi connectivity index (χ2v) is 5.09. The summed E-state index contributed by atoms with van der Waals surface area (Å²) in [6, 6.07) is 18.7. The lowest BCUT2D eigenvalue weighted by molar-refractivity contribution is 0.322. The zero-order chi connectivity index (χ0) is 12.4. The van der Waals surface area contributed by atoms with Crippen molar-refractivity contribution in [3.05, 3.63) is 59.5 Å². The first kappa shape index (κ1) is 11.0. The van der Waals surface area contributed by atoms with Crippen molar-refractivity contribution in [2.45, 2.75) is 0 Å². The molecule has 0 radical (unpaired) electrons. The molecular formula is C15H11NOS. The summed E-state index contributed by atoms with van der Waals surface area (Å²) in [7, 11) is 0. The molecular weight excluding hydrogens is 242 g/mol. The van der Waals surface area contributed by atoms with Gasteiger partial charge in [0.25, 0.3) is 0 Å². The van der Waals surface area contributed by atoms with Crippen molar-refractivity contribution in [2.24, 2.45) is 5.16 Å². The van der Waals surface area contributed by atoms with Gasteiger partial charge in [0.15, 0.2) is 0 Å². The highest BCUT2D eigenvalue weighted by atomic mass is 32.1. The fourth-order valence-corrected chi connectivity index (χ4v) is 2.98. The zero-order valence-electron chi connectivity index (χ0n) is 9.58. The number of benzene rings is 2. The van der Waals surface area contributed by atoms with E-state index >= 15 is 0 Å². The summed E-state index contributed by atoms with van der Waals surface area (Å²) < 4.78 is 0. The van der Waals surface area contributed by atoms with E-state index in [-0.39, 0.29) is 0 Å². The monoisotopic (exact) mass is 253 g/mol. The summed E-state index contributed by atoms with van der Waals surface area (Å²) >= 11 is 1.62. The van der Waals surface area contributed by atoms with E-state index in [0.29, 0.717) is 0 Å². The van der Waals surface area contributed by atoms with Gasteiger partial charge in [0.05, 0.1) is 6.21 Å². The molecule has 3 heteroatoms. The maximum atomic E-state index is 8.55. The van der Waals surface area contributed by atoms with Crippen LogP contribution in [0.5, 0.6) is 0 Å². The van der Waals surface area contributed by atoms with Gasteiger partial charge in [-0.15, -0.1) is 11.3 Å². The fraction of sp³-hybridized carbons (Fsp3) is 0. The smallest absolute Gasteiger partial charge is 0.0833 e. The molecule has 0 unspecified atom stereocenters. The van der Waals surface area contributed by atoms with Crippen LogP contribution in [-0.2, 0) is 0 Å². The van der Waals surface area contributed by atoms with Gasteiger partial charge in [0.1, 0.15) is 0 Å². The second-order valence-electron chi connectivity index (χ2n) is 3.97. The summed E-state index contributed by atoms with van der Waals surface area (Å²) in [6.45, 7) is 0. The van der Waals surface area contributed by atoms with Crippen LogP contribution in [0.15, 0.2) is 59.8 Å². The molecule has 0 atom stereocenters. The number of rotatable bonds is 2. The first-order chi connectivity index (χ1) is 8.88. The lowest BCUT2D eigenvalue weighted by Gasteiger charge is -2.03. The topological polar surface area (TPSA) is 32.6 Å². The highest BCUT2D eigenvalue weighted by molar-refractivity contribution is 7.17. The van der Waals surface area contributed by atoms with Gasteiger partial charge in [-0.25, -0.2) is 0 Å². The fourth-order valence-electron chi connectivity index (χ4n) is 2.06. The molecule has 0 saturated carbocycles. The standard InChI is InChI=1S/C15H11NOS/c17-16-10-12-8-9-15(18-12)14-7-3-5-11-4-1-2-6-13(11)14/h1-10,17H/b16-10+. The number of fused-ring (bicyclic) bond motifs is 1. The number of oxime groups is 1. The number of hydrogen-bond donors (Lipinski definition) is 1. The Morgan fingerprint density at radius 3 is 2.67 bits per heavy atom. The van der Waals surface area contributed by atoms with E-state index in [1.54, 1.807) is 11.3 Å². The van der Waals surface area contributed by atoms with Gasteiger partial charge in [-0.05, 0) is 28.5 Å². The van der Waals surface area contributed by atoms with Gasteiger partial charge >= 0.3 is 0 Å². The minimum absolute atomic E-state index is 0.945. The predicted molar refractivity (Wildman–Crippen MR) is 76.6 cm³/mol. The van der Waals surface area contributed by atoms with Crippen LogP contribution in [0.1, 0.15) is 4.88 Å². The molecule has 0 spiro atoms. The van der Waals surface area contributed by atoms with Crippen LogP contribution < -0.4 is 0 Å². The van der Waals surface area contributed by atoms with Gasteiger partial charge < -0.3 is 5.21 Å². The van der Waals surface area contributed by atoms with Crippen molar-refractivity contribution in [3.8, 4) is 10.4 Å². The van der Waals surface area contributed by atoms with Crippen LogP contribution in [0.3, 0.4) is 0 Å². The Balaban J connectivity index is 2.18. The summed E-state index contributed by atoms with van der Waals surface area (Å²) in [6.07, 6.45) is 1.46. The van der Waals surface area contributed by atoms with Crippen LogP contribution >= 0.6 is 11.3 Å². The zero-order valence-corrected chi connectivity index (χ0v) is 10.4. The highest BCUT2D eigenvalue weighted by Gasteiger charge is 2.05. The van der Waals surface area contributed by atoms with E-state index in [4.69, 9.17) is 5.21 Å². The van der Waals surface area contributed by atoms with Crippen molar-refractivity contribution in [1.82, 2.24) is 0 Å². The van der Waals surface area contributed by atoms with Crippen molar-refractivity contribution in [2.75, 3.05) is 0 Å². The number of nitrogens with zero attached hydrogens (tertiary/aromatic N) is 1. The maximum Gasteiger partial charge on any atom is 0.0833 e. The van der Waals surface area contributed by atoms with Gasteiger partial charge in [-0.1, -0.05) is 47.6 Å². The van der Waals surface area contributed by atoms with Gasteiger partial charge in [0.2, 0.25) is 0 Å². The third-order valence-electron chi connectivity index (χ3n) is 2.87. The van der Waals surface area contributed by atoms with Crippen molar-refractivity contribution >= 4 is 28.3 Å². The van der Waals surface area contributed by atoms with Gasteiger partial charge in [0, 0.05) is 9.75 Å². The quantitative estimate of drug-likeness (QED) is 0.410. The summed E-state index contributed by atoms with van der Waals surface area (Å²) in [5.41, 5.74) is 1.22. The third kappa shape index (κ3) is 1.89. The van der Waals surface area contributed by atoms with Gasteiger partial charge in [-0.2, -0.15) is 0 Å². The molecule has 0 amide bonds. The van der Waals surface area contributed by atoms with Crippen LogP contribution in [0, 0.1) is 0 Å². The maximum absolute atomic E-state index is 8.55. The van der Waals surface area contributed by atoms with E-state index in [1.807, 2.05) is 12.1 Å². The molecule has 1 aromatic heterocycles. The number of hydrogen-bond acceptors (Lipinski definition) is 3. The molecule has 1 heterocycles. The van der Waals surface area contributed by atoms with Crippen molar-refractivity contribution in [3.63, 3.8) is 0 Å². The van der Waals surface area contributed by atoms with E-state index < -0.39 is 0 Å². The average molecular weight is 253 g/mol. The highest BCUT2D eigenvalue weighted by Crippen LogP contribution is 2.33. The first-order valence-corrected chi connectivity index (χ1v) is 6.45. The Morgan fingerprint density at radius 1 is 0.944 bits per heavy atom. The molecule has 18 heavy (non-hydrogen) atoms. The lowest BCUT2D eigenvalue weighted by atomic mass is 10.0. The molecule has 0 aliphatic carbocycles. The Hall–Kier alpha value is -2.13. The van der Waals surface area contributed by atoms with E-state index in [9.17, 15) is 0 Å². The molecule has 0 saturated heterocycles. The minimum atomic E-state index is 0.945.